The Labute approximate surface area is 184 Å². The summed E-state index contributed by atoms with van der Waals surface area (Å²) in [7, 11) is 2.63. The summed E-state index contributed by atoms with van der Waals surface area (Å²) in [5.74, 6) is 0.402. The number of allylic oxidation sites excluding steroid dienone is 1. The van der Waals surface area contributed by atoms with Crippen molar-refractivity contribution in [3.05, 3.63) is 59.8 Å². The summed E-state index contributed by atoms with van der Waals surface area (Å²) in [6.45, 7) is 8.48. The van der Waals surface area contributed by atoms with Gasteiger partial charge in [0.15, 0.2) is 6.10 Å². The lowest BCUT2D eigenvalue weighted by Gasteiger charge is -2.27. The van der Waals surface area contributed by atoms with Crippen LogP contribution in [0.4, 0.5) is 16.2 Å². The molecule has 8 heteroatoms. The number of benzene rings is 2. The summed E-state index contributed by atoms with van der Waals surface area (Å²) in [5.41, 5.74) is 4.36. The fourth-order valence-corrected chi connectivity index (χ4v) is 3.34. The minimum Gasteiger partial charge on any atom is -0.477 e. The van der Waals surface area contributed by atoms with Crippen LogP contribution >= 0.6 is 9.24 Å². The van der Waals surface area contributed by atoms with E-state index < -0.39 is 12.2 Å². The number of rotatable bonds is 7. The minimum atomic E-state index is -0.634. The third-order valence-electron chi connectivity index (χ3n) is 4.86. The lowest BCUT2D eigenvalue weighted by molar-refractivity contribution is -0.126. The van der Waals surface area contributed by atoms with Gasteiger partial charge in [-0.05, 0) is 67.4 Å². The number of fused-ring (bicyclic) bond motifs is 1. The van der Waals surface area contributed by atoms with E-state index in [1.54, 1.807) is 0 Å². The molecule has 0 fully saturated rings. The number of ether oxygens (including phenoxy) is 2. The van der Waals surface area contributed by atoms with Crippen LogP contribution in [0.3, 0.4) is 0 Å². The van der Waals surface area contributed by atoms with Crippen molar-refractivity contribution in [2.24, 2.45) is 0 Å². The summed E-state index contributed by atoms with van der Waals surface area (Å²) >= 11 is 0. The van der Waals surface area contributed by atoms with Crippen LogP contribution in [0.15, 0.2) is 48.7 Å². The predicted octanol–water partition coefficient (Wildman–Crippen LogP) is 3.64. The molecule has 31 heavy (non-hydrogen) atoms. The van der Waals surface area contributed by atoms with E-state index in [0.717, 1.165) is 22.1 Å². The average Bonchev–Trinajstić information content (AvgIpc) is 2.73. The molecule has 3 rings (SSSR count). The average molecular weight is 441 g/mol. The SMILES string of the molecule is C=C(CCCOC(=O)Nc1ccc(C)c(P)c1)NC(=O)C1CNc2cc(C)ccc2O1. The molecular formula is C23H28N3O4P. The molecule has 2 atom stereocenters. The molecule has 0 saturated heterocycles. The Balaban J connectivity index is 1.35. The summed E-state index contributed by atoms with van der Waals surface area (Å²) in [6.07, 6.45) is -0.111. The molecule has 7 nitrogen and oxygen atoms in total. The fraction of sp³-hybridized carbons (Fsp3) is 0.304. The second-order valence-corrected chi connectivity index (χ2v) is 8.14. The van der Waals surface area contributed by atoms with Gasteiger partial charge in [-0.3, -0.25) is 10.1 Å². The van der Waals surface area contributed by atoms with Gasteiger partial charge in [0.2, 0.25) is 0 Å². The molecule has 164 valence electrons. The first-order valence-corrected chi connectivity index (χ1v) is 10.7. The van der Waals surface area contributed by atoms with Crippen LogP contribution in [0.5, 0.6) is 5.75 Å². The van der Waals surface area contributed by atoms with Gasteiger partial charge in [-0.15, -0.1) is 9.24 Å². The predicted molar refractivity (Wildman–Crippen MR) is 126 cm³/mol. The Morgan fingerprint density at radius 1 is 1.26 bits per heavy atom. The van der Waals surface area contributed by atoms with E-state index in [-0.39, 0.29) is 12.5 Å². The van der Waals surface area contributed by atoms with Gasteiger partial charge in [-0.1, -0.05) is 18.7 Å². The largest absolute Gasteiger partial charge is 0.477 e. The Morgan fingerprint density at radius 3 is 2.84 bits per heavy atom. The van der Waals surface area contributed by atoms with E-state index in [9.17, 15) is 9.59 Å². The van der Waals surface area contributed by atoms with E-state index in [2.05, 4.69) is 31.8 Å². The lowest BCUT2D eigenvalue weighted by atomic mass is 10.1. The van der Waals surface area contributed by atoms with Crippen molar-refractivity contribution in [1.82, 2.24) is 5.32 Å². The number of hydrogen-bond acceptors (Lipinski definition) is 5. The Morgan fingerprint density at radius 2 is 2.06 bits per heavy atom. The monoisotopic (exact) mass is 441 g/mol. The topological polar surface area (TPSA) is 88.7 Å². The molecule has 0 aromatic heterocycles. The van der Waals surface area contributed by atoms with Crippen LogP contribution in [0.1, 0.15) is 24.0 Å². The molecule has 1 heterocycles. The maximum atomic E-state index is 12.4. The van der Waals surface area contributed by atoms with E-state index in [1.807, 2.05) is 50.2 Å². The highest BCUT2D eigenvalue weighted by Gasteiger charge is 2.26. The van der Waals surface area contributed by atoms with Crippen molar-refractivity contribution in [3.63, 3.8) is 0 Å². The van der Waals surface area contributed by atoms with E-state index in [4.69, 9.17) is 9.47 Å². The zero-order chi connectivity index (χ0) is 22.4. The van der Waals surface area contributed by atoms with E-state index >= 15 is 0 Å². The first kappa shape index (κ1) is 22.6. The van der Waals surface area contributed by atoms with Crippen molar-refractivity contribution < 1.29 is 19.1 Å². The van der Waals surface area contributed by atoms with Crippen molar-refractivity contribution >= 4 is 37.9 Å². The first-order valence-electron chi connectivity index (χ1n) is 10.1. The number of carbonyl (C=O) groups excluding carboxylic acids is 2. The van der Waals surface area contributed by atoms with Gasteiger partial charge in [-0.25, -0.2) is 4.79 Å². The van der Waals surface area contributed by atoms with Crippen LogP contribution in [-0.4, -0.2) is 31.3 Å². The van der Waals surface area contributed by atoms with Crippen molar-refractivity contribution in [3.8, 4) is 5.75 Å². The van der Waals surface area contributed by atoms with Crippen LogP contribution in [-0.2, 0) is 9.53 Å². The standard InChI is InChI=1S/C23H28N3O4P/c1-14-6-9-19-18(11-14)24-13-20(30-19)22(27)25-16(3)5-4-10-29-23(28)26-17-8-7-15(2)21(31)12-17/h6-9,11-12,20,24H,3-5,10,13,31H2,1-2H3,(H,25,27)(H,26,28). The van der Waals surface area contributed by atoms with E-state index in [0.29, 0.717) is 36.5 Å². The second kappa shape index (κ2) is 10.3. The number of anilines is 2. The van der Waals surface area contributed by atoms with Gasteiger partial charge < -0.3 is 20.1 Å². The highest BCUT2D eigenvalue weighted by Crippen LogP contribution is 2.29. The third kappa shape index (κ3) is 6.46. The summed E-state index contributed by atoms with van der Waals surface area (Å²) in [6, 6.07) is 11.4. The molecule has 0 spiro atoms. The summed E-state index contributed by atoms with van der Waals surface area (Å²) < 4.78 is 11.0. The molecule has 3 N–H and O–H groups in total. The molecule has 1 aliphatic heterocycles. The van der Waals surface area contributed by atoms with Gasteiger partial charge in [0.25, 0.3) is 5.91 Å². The Kier molecular flexibility index (Phi) is 7.53. The second-order valence-electron chi connectivity index (χ2n) is 7.52. The number of amides is 2. The maximum absolute atomic E-state index is 12.4. The number of carbonyl (C=O) groups is 2. The molecule has 0 aliphatic carbocycles. The van der Waals surface area contributed by atoms with Crippen molar-refractivity contribution in [2.45, 2.75) is 32.8 Å². The van der Waals surface area contributed by atoms with Gasteiger partial charge in [0, 0.05) is 11.4 Å². The van der Waals surface area contributed by atoms with Crippen molar-refractivity contribution in [2.75, 3.05) is 23.8 Å². The van der Waals surface area contributed by atoms with E-state index in [1.165, 1.54) is 0 Å². The fourth-order valence-electron chi connectivity index (χ4n) is 3.07. The molecule has 2 aromatic rings. The first-order chi connectivity index (χ1) is 14.8. The third-order valence-corrected chi connectivity index (χ3v) is 5.48. The highest BCUT2D eigenvalue weighted by atomic mass is 31.0. The normalized spacial score (nSPS) is 14.5. The molecule has 0 bridgehead atoms. The van der Waals surface area contributed by atoms with Gasteiger partial charge in [-0.2, -0.15) is 0 Å². The number of hydrogen-bond donors (Lipinski definition) is 3. The quantitative estimate of drug-likeness (QED) is 0.451. The van der Waals surface area contributed by atoms with Crippen molar-refractivity contribution in [1.29, 1.82) is 0 Å². The maximum Gasteiger partial charge on any atom is 0.411 e. The molecule has 2 aromatic carbocycles. The molecule has 0 radical (unpaired) electrons. The molecule has 1 aliphatic rings. The van der Waals surface area contributed by atoms with Gasteiger partial charge >= 0.3 is 6.09 Å². The molecule has 2 amide bonds. The van der Waals surface area contributed by atoms with Crippen LogP contribution in [0.25, 0.3) is 0 Å². The van der Waals surface area contributed by atoms with Crippen LogP contribution < -0.4 is 26.0 Å². The zero-order valence-electron chi connectivity index (χ0n) is 17.8. The lowest BCUT2D eigenvalue weighted by Crippen LogP contribution is -2.44. The number of aryl methyl sites for hydroxylation is 2. The zero-order valence-corrected chi connectivity index (χ0v) is 18.9. The van der Waals surface area contributed by atoms with Gasteiger partial charge in [0.1, 0.15) is 5.75 Å². The summed E-state index contributed by atoms with van der Waals surface area (Å²) in [5, 5.41) is 9.70. The Hall–Kier alpha value is -3.05. The molecule has 2 unspecified atom stereocenters. The minimum absolute atomic E-state index is 0.217. The molecular weight excluding hydrogens is 413 g/mol. The highest BCUT2D eigenvalue weighted by molar-refractivity contribution is 7.27. The Bertz CT molecular complexity index is 993. The smallest absolute Gasteiger partial charge is 0.411 e. The van der Waals surface area contributed by atoms with Crippen LogP contribution in [0, 0.1) is 13.8 Å². The number of nitrogens with one attached hydrogen (secondary N) is 3. The summed E-state index contributed by atoms with van der Waals surface area (Å²) in [4.78, 5) is 24.4. The van der Waals surface area contributed by atoms with Gasteiger partial charge in [0.05, 0.1) is 18.8 Å². The molecule has 0 saturated carbocycles. The van der Waals surface area contributed by atoms with Crippen LogP contribution in [0.2, 0.25) is 0 Å².